The molecule has 5 rings (SSSR count). The Labute approximate surface area is 195 Å². The third-order valence-electron chi connectivity index (χ3n) is 7.54. The Morgan fingerprint density at radius 2 is 1.61 bits per heavy atom. The number of likely N-dealkylation sites (tertiary alicyclic amines) is 1. The van der Waals surface area contributed by atoms with Gasteiger partial charge in [-0.3, -0.25) is 14.5 Å². The molecule has 2 aliphatic carbocycles. The first-order chi connectivity index (χ1) is 16.1. The number of aliphatic hydroxyl groups is 1. The van der Waals surface area contributed by atoms with Gasteiger partial charge in [-0.05, 0) is 54.4 Å². The first kappa shape index (κ1) is 22.1. The van der Waals surface area contributed by atoms with Gasteiger partial charge in [0.15, 0.2) is 5.78 Å². The highest BCUT2D eigenvalue weighted by molar-refractivity contribution is 5.96. The van der Waals surface area contributed by atoms with Gasteiger partial charge in [-0.15, -0.1) is 0 Å². The maximum absolute atomic E-state index is 13.0. The Bertz CT molecular complexity index is 1030. The number of fused-ring (bicyclic) bond motifs is 1. The third kappa shape index (κ3) is 4.40. The minimum atomic E-state index is -0.696. The lowest BCUT2D eigenvalue weighted by atomic mass is 9.80. The van der Waals surface area contributed by atoms with Crippen LogP contribution in [0.4, 0.5) is 0 Å². The van der Waals surface area contributed by atoms with Crippen LogP contribution in [0.2, 0.25) is 0 Å². The summed E-state index contributed by atoms with van der Waals surface area (Å²) in [7, 11) is 1.42. The minimum Gasteiger partial charge on any atom is -0.468 e. The maximum atomic E-state index is 13.0. The molecular weight excluding hydrogens is 414 g/mol. The number of benzene rings is 2. The summed E-state index contributed by atoms with van der Waals surface area (Å²) >= 11 is 0. The molecule has 0 amide bonds. The van der Waals surface area contributed by atoms with E-state index in [0.717, 1.165) is 29.5 Å². The Morgan fingerprint density at radius 3 is 2.18 bits per heavy atom. The molecule has 3 aliphatic rings. The molecule has 0 aromatic heterocycles. The topological polar surface area (TPSA) is 66.8 Å². The van der Waals surface area contributed by atoms with Crippen molar-refractivity contribution in [1.29, 1.82) is 0 Å². The van der Waals surface area contributed by atoms with E-state index in [4.69, 9.17) is 4.74 Å². The summed E-state index contributed by atoms with van der Waals surface area (Å²) in [4.78, 5) is 28.0. The molecule has 1 heterocycles. The van der Waals surface area contributed by atoms with E-state index in [1.165, 1.54) is 7.11 Å². The molecular formula is C28H31NO4. The smallest absolute Gasteiger partial charge is 0.323 e. The number of carbonyl (C=O) groups is 2. The number of hydrogen-bond donors (Lipinski definition) is 1. The molecule has 2 fully saturated rings. The van der Waals surface area contributed by atoms with Gasteiger partial charge in [0, 0.05) is 24.4 Å². The van der Waals surface area contributed by atoms with Gasteiger partial charge >= 0.3 is 5.97 Å². The number of allylic oxidation sites excluding steroid dienone is 1. The Balaban J connectivity index is 1.50. The summed E-state index contributed by atoms with van der Waals surface area (Å²) in [5, 5.41) is 11.6. The summed E-state index contributed by atoms with van der Waals surface area (Å²) in [6, 6.07) is 19.0. The van der Waals surface area contributed by atoms with Crippen molar-refractivity contribution in [2.75, 3.05) is 13.7 Å². The van der Waals surface area contributed by atoms with Crippen molar-refractivity contribution in [2.45, 2.75) is 43.9 Å². The number of ketones is 1. The largest absolute Gasteiger partial charge is 0.468 e. The Kier molecular flexibility index (Phi) is 6.17. The lowest BCUT2D eigenvalue weighted by Crippen LogP contribution is -2.53. The van der Waals surface area contributed by atoms with Crippen molar-refractivity contribution in [3.8, 4) is 0 Å². The fourth-order valence-electron chi connectivity index (χ4n) is 5.93. The highest BCUT2D eigenvalue weighted by Gasteiger charge is 2.56. The summed E-state index contributed by atoms with van der Waals surface area (Å²) < 4.78 is 5.22. The molecule has 5 heteroatoms. The average molecular weight is 446 g/mol. The first-order valence-electron chi connectivity index (χ1n) is 11.9. The van der Waals surface area contributed by atoms with Crippen molar-refractivity contribution < 1.29 is 19.4 Å². The molecule has 33 heavy (non-hydrogen) atoms. The zero-order valence-corrected chi connectivity index (χ0v) is 19.0. The predicted octanol–water partition coefficient (Wildman–Crippen LogP) is 3.21. The number of carbonyl (C=O) groups excluding carboxylic acids is 2. The lowest BCUT2D eigenvalue weighted by molar-refractivity contribution is -0.148. The molecule has 1 saturated carbocycles. The van der Waals surface area contributed by atoms with Crippen molar-refractivity contribution in [2.24, 2.45) is 17.8 Å². The average Bonchev–Trinajstić information content (AvgIpc) is 3.52. The van der Waals surface area contributed by atoms with Gasteiger partial charge in [0.1, 0.15) is 6.04 Å². The second kappa shape index (κ2) is 9.24. The van der Waals surface area contributed by atoms with Crippen LogP contribution in [-0.4, -0.2) is 53.6 Å². The van der Waals surface area contributed by atoms with E-state index < -0.39 is 12.1 Å². The van der Waals surface area contributed by atoms with Gasteiger partial charge in [0.2, 0.25) is 0 Å². The number of methoxy groups -OCH3 is 1. The maximum Gasteiger partial charge on any atom is 0.323 e. The van der Waals surface area contributed by atoms with E-state index >= 15 is 0 Å². The summed E-state index contributed by atoms with van der Waals surface area (Å²) in [6.07, 6.45) is 4.23. The van der Waals surface area contributed by atoms with Crippen molar-refractivity contribution >= 4 is 11.8 Å². The Hall–Kier alpha value is -2.76. The zero-order chi connectivity index (χ0) is 22.9. The van der Waals surface area contributed by atoms with Crippen LogP contribution >= 0.6 is 0 Å². The van der Waals surface area contributed by atoms with Gasteiger partial charge in [-0.2, -0.15) is 0 Å². The summed E-state index contributed by atoms with van der Waals surface area (Å²) in [5.41, 5.74) is 3.16. The summed E-state index contributed by atoms with van der Waals surface area (Å²) in [6.45, 7) is 0.517. The van der Waals surface area contributed by atoms with Gasteiger partial charge in [0.05, 0.1) is 13.2 Å². The van der Waals surface area contributed by atoms with Crippen LogP contribution in [0.25, 0.3) is 0 Å². The highest BCUT2D eigenvalue weighted by Crippen LogP contribution is 2.52. The molecule has 1 aliphatic heterocycles. The second-order valence-electron chi connectivity index (χ2n) is 9.66. The van der Waals surface area contributed by atoms with Crippen LogP contribution < -0.4 is 0 Å². The monoisotopic (exact) mass is 445 g/mol. The normalized spacial score (nSPS) is 26.5. The summed E-state index contributed by atoms with van der Waals surface area (Å²) in [5.74, 6) is 0.188. The SMILES string of the molecule is COC(=O)[C@H](Cc1ccccc1)N1CC2=CC(=O)[C@H](C3CC3)[C@H]2[C@@H]1[C@@H](O)Cc1ccccc1. The molecule has 2 aromatic carbocycles. The van der Waals surface area contributed by atoms with Crippen molar-refractivity contribution in [3.63, 3.8) is 0 Å². The van der Waals surface area contributed by atoms with E-state index in [1.807, 2.05) is 60.7 Å². The molecule has 0 unspecified atom stereocenters. The number of nitrogens with zero attached hydrogens (tertiary/aromatic N) is 1. The molecule has 172 valence electrons. The fraction of sp³-hybridized carbons (Fsp3) is 0.429. The zero-order valence-electron chi connectivity index (χ0n) is 19.0. The lowest BCUT2D eigenvalue weighted by Gasteiger charge is -2.37. The van der Waals surface area contributed by atoms with Gasteiger partial charge in [0.25, 0.3) is 0 Å². The van der Waals surface area contributed by atoms with E-state index in [9.17, 15) is 14.7 Å². The third-order valence-corrected chi connectivity index (χ3v) is 7.54. The quantitative estimate of drug-likeness (QED) is 0.632. The van der Waals surface area contributed by atoms with E-state index in [1.54, 1.807) is 6.08 Å². The first-order valence-corrected chi connectivity index (χ1v) is 11.9. The fourth-order valence-corrected chi connectivity index (χ4v) is 5.93. The van der Waals surface area contributed by atoms with Crippen molar-refractivity contribution in [1.82, 2.24) is 4.90 Å². The second-order valence-corrected chi connectivity index (χ2v) is 9.66. The number of hydrogen-bond acceptors (Lipinski definition) is 5. The molecule has 0 spiro atoms. The molecule has 1 N–H and O–H groups in total. The van der Waals surface area contributed by atoms with Crippen LogP contribution in [0.1, 0.15) is 24.0 Å². The molecule has 5 nitrogen and oxygen atoms in total. The number of aliphatic hydroxyl groups excluding tert-OH is 1. The standard InChI is InChI=1S/C28H31NO4/c1-33-28(32)22(14-18-8-4-2-5-9-18)29-17-21-16-23(30)25(20-12-13-20)26(21)27(29)24(31)15-19-10-6-3-7-11-19/h2-11,16,20,22,24-27,31H,12-15,17H2,1H3/t22-,24-,25-,26-,27-/m0/s1. The van der Waals surface area contributed by atoms with E-state index in [-0.39, 0.29) is 29.6 Å². The van der Waals surface area contributed by atoms with Crippen molar-refractivity contribution in [3.05, 3.63) is 83.4 Å². The Morgan fingerprint density at radius 1 is 1.00 bits per heavy atom. The van der Waals surface area contributed by atoms with E-state index in [0.29, 0.717) is 25.3 Å². The number of ether oxygens (including phenoxy) is 1. The predicted molar refractivity (Wildman–Crippen MR) is 125 cm³/mol. The molecule has 5 atom stereocenters. The van der Waals surface area contributed by atoms with E-state index in [2.05, 4.69) is 4.90 Å². The van der Waals surface area contributed by atoms with Gasteiger partial charge in [-0.25, -0.2) is 0 Å². The minimum absolute atomic E-state index is 0.0355. The van der Waals surface area contributed by atoms with Crippen LogP contribution in [0, 0.1) is 17.8 Å². The molecule has 0 radical (unpaired) electrons. The highest BCUT2D eigenvalue weighted by atomic mass is 16.5. The number of rotatable bonds is 8. The molecule has 1 saturated heterocycles. The van der Waals surface area contributed by atoms with Crippen LogP contribution in [0.3, 0.4) is 0 Å². The van der Waals surface area contributed by atoms with Gasteiger partial charge < -0.3 is 9.84 Å². The van der Waals surface area contributed by atoms with Crippen LogP contribution in [0.5, 0.6) is 0 Å². The number of esters is 1. The molecule has 2 aromatic rings. The van der Waals surface area contributed by atoms with Gasteiger partial charge in [-0.1, -0.05) is 60.7 Å². The molecule has 0 bridgehead atoms. The van der Waals surface area contributed by atoms with Crippen LogP contribution in [-0.2, 0) is 27.2 Å². The van der Waals surface area contributed by atoms with Crippen LogP contribution in [0.15, 0.2) is 72.3 Å².